The van der Waals surface area contributed by atoms with E-state index < -0.39 is 6.04 Å². The molecule has 0 unspecified atom stereocenters. The van der Waals surface area contributed by atoms with Crippen LogP contribution >= 0.6 is 15.9 Å². The maximum atomic E-state index is 11.8. The monoisotopic (exact) mass is 336 g/mol. The van der Waals surface area contributed by atoms with Gasteiger partial charge >= 0.3 is 0 Å². The van der Waals surface area contributed by atoms with Gasteiger partial charge in [-0.2, -0.15) is 0 Å². The molecule has 6 heteroatoms. The van der Waals surface area contributed by atoms with Crippen LogP contribution in [-0.2, 0) is 18.4 Å². The quantitative estimate of drug-likeness (QED) is 0.906. The van der Waals surface area contributed by atoms with E-state index in [-0.39, 0.29) is 5.91 Å². The molecule has 1 heterocycles. The number of carbonyl (C=O) groups is 1. The maximum Gasteiger partial charge on any atom is 0.239 e. The summed E-state index contributed by atoms with van der Waals surface area (Å²) in [5.41, 5.74) is 6.43. The zero-order valence-electron chi connectivity index (χ0n) is 11.5. The summed E-state index contributed by atoms with van der Waals surface area (Å²) in [6.45, 7) is 0.545. The highest BCUT2D eigenvalue weighted by Gasteiger charge is 2.24. The zero-order valence-corrected chi connectivity index (χ0v) is 13.0. The fraction of sp³-hybridized carbons (Fsp3) is 0.286. The Kier molecular flexibility index (Phi) is 4.57. The van der Waals surface area contributed by atoms with E-state index >= 15 is 0 Å². The first kappa shape index (κ1) is 14.7. The van der Waals surface area contributed by atoms with Crippen molar-refractivity contribution in [3.63, 3.8) is 0 Å². The molecule has 106 valence electrons. The lowest BCUT2D eigenvalue weighted by molar-refractivity contribution is -0.123. The van der Waals surface area contributed by atoms with Gasteiger partial charge in [-0.15, -0.1) is 0 Å². The van der Waals surface area contributed by atoms with Crippen molar-refractivity contribution in [1.82, 2.24) is 14.5 Å². The third-order valence-electron chi connectivity index (χ3n) is 3.19. The predicted molar refractivity (Wildman–Crippen MR) is 80.8 cm³/mol. The topological polar surface area (TPSA) is 64.2 Å². The van der Waals surface area contributed by atoms with Gasteiger partial charge in [-0.05, 0) is 24.7 Å². The number of hydrogen-bond donors (Lipinski definition) is 1. The number of imidazole rings is 1. The average Bonchev–Trinajstić information content (AvgIpc) is 2.74. The Morgan fingerprint density at radius 1 is 1.55 bits per heavy atom. The molecular weight excluding hydrogens is 320 g/mol. The summed E-state index contributed by atoms with van der Waals surface area (Å²) >= 11 is 3.41. The summed E-state index contributed by atoms with van der Waals surface area (Å²) in [5.74, 6) is 0.508. The first-order chi connectivity index (χ1) is 9.49. The summed E-state index contributed by atoms with van der Waals surface area (Å²) in [6.07, 6.45) is 3.61. The van der Waals surface area contributed by atoms with E-state index in [1.165, 1.54) is 0 Å². The lowest BCUT2D eigenvalue weighted by Gasteiger charge is -2.25. The van der Waals surface area contributed by atoms with Crippen molar-refractivity contribution in [2.75, 3.05) is 7.05 Å². The number of benzene rings is 1. The number of aryl methyl sites for hydroxylation is 1. The van der Waals surface area contributed by atoms with Gasteiger partial charge in [0.25, 0.3) is 0 Å². The van der Waals surface area contributed by atoms with Crippen LogP contribution in [0, 0.1) is 0 Å². The number of carbonyl (C=O) groups excluding carboxylic acids is 1. The molecule has 0 aliphatic heterocycles. The van der Waals surface area contributed by atoms with Crippen molar-refractivity contribution >= 4 is 21.8 Å². The number of hydrogen-bond acceptors (Lipinski definition) is 3. The highest BCUT2D eigenvalue weighted by Crippen LogP contribution is 2.23. The molecule has 0 aliphatic carbocycles. The summed E-state index contributed by atoms with van der Waals surface area (Å²) in [7, 11) is 3.79. The van der Waals surface area contributed by atoms with Crippen LogP contribution in [0.3, 0.4) is 0 Å². The molecule has 0 bridgehead atoms. The largest absolute Gasteiger partial charge is 0.368 e. The van der Waals surface area contributed by atoms with E-state index in [1.54, 1.807) is 6.20 Å². The number of primary amides is 1. The number of amides is 1. The SMILES string of the molecule is CN(Cc1nccn1C)[C@H](C(N)=O)c1cccc(Br)c1. The van der Waals surface area contributed by atoms with Gasteiger partial charge in [-0.1, -0.05) is 28.1 Å². The lowest BCUT2D eigenvalue weighted by Crippen LogP contribution is -2.35. The van der Waals surface area contributed by atoms with Crippen LogP contribution in [0.4, 0.5) is 0 Å². The third-order valence-corrected chi connectivity index (χ3v) is 3.68. The molecule has 1 aromatic heterocycles. The Bertz CT molecular complexity index is 611. The van der Waals surface area contributed by atoms with Crippen LogP contribution in [0.15, 0.2) is 41.1 Å². The molecule has 1 aromatic carbocycles. The van der Waals surface area contributed by atoms with E-state index in [0.29, 0.717) is 6.54 Å². The van der Waals surface area contributed by atoms with Crippen molar-refractivity contribution in [3.8, 4) is 0 Å². The number of nitrogens with two attached hydrogens (primary N) is 1. The molecule has 1 atom stereocenters. The molecule has 0 aliphatic rings. The number of halogens is 1. The van der Waals surface area contributed by atoms with E-state index in [4.69, 9.17) is 5.73 Å². The molecular formula is C14H17BrN4O. The van der Waals surface area contributed by atoms with Crippen molar-refractivity contribution < 1.29 is 4.79 Å². The minimum absolute atomic E-state index is 0.375. The second kappa shape index (κ2) is 6.19. The van der Waals surface area contributed by atoms with Gasteiger partial charge < -0.3 is 10.3 Å². The second-order valence-electron chi connectivity index (χ2n) is 4.73. The van der Waals surface area contributed by atoms with Crippen LogP contribution in [0.25, 0.3) is 0 Å². The molecule has 0 saturated carbocycles. The first-order valence-corrected chi connectivity index (χ1v) is 6.99. The normalized spacial score (nSPS) is 12.6. The Morgan fingerprint density at radius 3 is 2.85 bits per heavy atom. The van der Waals surface area contributed by atoms with Crippen molar-refractivity contribution in [3.05, 3.63) is 52.5 Å². The van der Waals surface area contributed by atoms with E-state index in [2.05, 4.69) is 20.9 Å². The summed E-state index contributed by atoms with van der Waals surface area (Å²) < 4.78 is 2.85. The predicted octanol–water partition coefficient (Wildman–Crippen LogP) is 1.84. The molecule has 2 rings (SSSR count). The van der Waals surface area contributed by atoms with Crippen molar-refractivity contribution in [1.29, 1.82) is 0 Å². The molecule has 2 N–H and O–H groups in total. The fourth-order valence-electron chi connectivity index (χ4n) is 2.18. The van der Waals surface area contributed by atoms with E-state index in [0.717, 1.165) is 15.9 Å². The number of aromatic nitrogens is 2. The minimum Gasteiger partial charge on any atom is -0.368 e. The lowest BCUT2D eigenvalue weighted by atomic mass is 10.1. The van der Waals surface area contributed by atoms with Crippen LogP contribution in [0.1, 0.15) is 17.4 Å². The molecule has 5 nitrogen and oxygen atoms in total. The summed E-state index contributed by atoms with van der Waals surface area (Å²) in [6, 6.07) is 7.13. The smallest absolute Gasteiger partial charge is 0.239 e. The highest BCUT2D eigenvalue weighted by molar-refractivity contribution is 9.10. The third kappa shape index (κ3) is 3.26. The molecule has 20 heavy (non-hydrogen) atoms. The zero-order chi connectivity index (χ0) is 14.7. The van der Waals surface area contributed by atoms with Crippen LogP contribution < -0.4 is 5.73 Å². The highest BCUT2D eigenvalue weighted by atomic mass is 79.9. The Morgan fingerprint density at radius 2 is 2.30 bits per heavy atom. The Labute approximate surface area is 126 Å². The van der Waals surface area contributed by atoms with Crippen molar-refractivity contribution in [2.45, 2.75) is 12.6 Å². The molecule has 0 fully saturated rings. The summed E-state index contributed by atoms with van der Waals surface area (Å²) in [4.78, 5) is 18.0. The van der Waals surface area contributed by atoms with Crippen molar-refractivity contribution in [2.24, 2.45) is 12.8 Å². The molecule has 2 aromatic rings. The number of nitrogens with zero attached hydrogens (tertiary/aromatic N) is 3. The molecule has 0 spiro atoms. The minimum atomic E-state index is -0.482. The van der Waals surface area contributed by atoms with Crippen LogP contribution in [0.2, 0.25) is 0 Å². The average molecular weight is 337 g/mol. The van der Waals surface area contributed by atoms with E-state index in [1.807, 2.05) is 54.0 Å². The Hall–Kier alpha value is -1.66. The first-order valence-electron chi connectivity index (χ1n) is 6.20. The standard InChI is InChI=1S/C14H17BrN4O/c1-18-7-6-17-12(18)9-19(2)13(14(16)20)10-4-3-5-11(15)8-10/h3-8,13H,9H2,1-2H3,(H2,16,20)/t13-/m0/s1. The van der Waals surface area contributed by atoms with Gasteiger partial charge in [-0.3, -0.25) is 9.69 Å². The van der Waals surface area contributed by atoms with Crippen LogP contribution in [0.5, 0.6) is 0 Å². The summed E-state index contributed by atoms with van der Waals surface area (Å²) in [5, 5.41) is 0. The molecule has 0 radical (unpaired) electrons. The number of likely N-dealkylation sites (N-methyl/N-ethyl adjacent to an activating group) is 1. The fourth-order valence-corrected chi connectivity index (χ4v) is 2.59. The van der Waals surface area contributed by atoms with Gasteiger partial charge in [0, 0.05) is 23.9 Å². The van der Waals surface area contributed by atoms with Crippen LogP contribution in [-0.4, -0.2) is 27.4 Å². The van der Waals surface area contributed by atoms with Gasteiger partial charge in [-0.25, -0.2) is 4.98 Å². The van der Waals surface area contributed by atoms with Gasteiger partial charge in [0.1, 0.15) is 11.9 Å². The second-order valence-corrected chi connectivity index (χ2v) is 5.65. The van der Waals surface area contributed by atoms with Gasteiger partial charge in [0.15, 0.2) is 0 Å². The Balaban J connectivity index is 2.25. The molecule has 0 saturated heterocycles. The molecule has 1 amide bonds. The number of rotatable bonds is 5. The van der Waals surface area contributed by atoms with Gasteiger partial charge in [0.2, 0.25) is 5.91 Å². The van der Waals surface area contributed by atoms with E-state index in [9.17, 15) is 4.79 Å². The van der Waals surface area contributed by atoms with Gasteiger partial charge in [0.05, 0.1) is 6.54 Å². The maximum absolute atomic E-state index is 11.8.